The van der Waals surface area contributed by atoms with Crippen LogP contribution >= 0.6 is 0 Å². The number of hydrogen-bond acceptors (Lipinski definition) is 5. The van der Waals surface area contributed by atoms with Gasteiger partial charge in [-0.15, -0.1) is 0 Å². The molecule has 0 spiro atoms. The van der Waals surface area contributed by atoms with Gasteiger partial charge in [-0.1, -0.05) is 30.3 Å². The van der Waals surface area contributed by atoms with Gasteiger partial charge >= 0.3 is 12.1 Å². The van der Waals surface area contributed by atoms with Crippen molar-refractivity contribution < 1.29 is 19.1 Å². The Balaban J connectivity index is 1.52. The molecule has 2 aromatic rings. The van der Waals surface area contributed by atoms with Crippen LogP contribution in [0.4, 0.5) is 10.5 Å². The summed E-state index contributed by atoms with van der Waals surface area (Å²) in [6, 6.07) is 17.1. The smallest absolute Gasteiger partial charge is 0.410 e. The second-order valence-corrected chi connectivity index (χ2v) is 6.64. The van der Waals surface area contributed by atoms with Crippen molar-refractivity contribution in [3.8, 4) is 0 Å². The van der Waals surface area contributed by atoms with E-state index in [1.165, 1.54) is 0 Å². The van der Waals surface area contributed by atoms with Gasteiger partial charge in [0, 0.05) is 31.9 Å². The highest BCUT2D eigenvalue weighted by molar-refractivity contribution is 5.89. The third kappa shape index (κ3) is 5.25. The van der Waals surface area contributed by atoms with E-state index in [4.69, 9.17) is 9.47 Å². The van der Waals surface area contributed by atoms with Crippen LogP contribution in [0.25, 0.3) is 0 Å². The quantitative estimate of drug-likeness (QED) is 0.738. The molecule has 1 saturated heterocycles. The summed E-state index contributed by atoms with van der Waals surface area (Å²) in [5, 5.41) is 0. The highest BCUT2D eigenvalue weighted by Gasteiger charge is 2.20. The number of amides is 1. The predicted octanol–water partition coefficient (Wildman–Crippen LogP) is 3.71. The molecule has 1 fully saturated rings. The Hall–Kier alpha value is -3.02. The fraction of sp³-hybridized carbons (Fsp3) is 0.364. The molecular formula is C22H26N2O4. The van der Waals surface area contributed by atoms with Crippen LogP contribution in [0, 0.1) is 0 Å². The lowest BCUT2D eigenvalue weighted by Crippen LogP contribution is -2.35. The van der Waals surface area contributed by atoms with Crippen LogP contribution < -0.4 is 4.90 Å². The molecule has 0 N–H and O–H groups in total. The first-order valence-corrected chi connectivity index (χ1v) is 9.65. The number of nitrogens with zero attached hydrogens (tertiary/aromatic N) is 2. The fourth-order valence-corrected chi connectivity index (χ4v) is 3.19. The average Bonchev–Trinajstić information content (AvgIpc) is 2.99. The number of rotatable bonds is 5. The molecule has 0 atom stereocenters. The van der Waals surface area contributed by atoms with Crippen LogP contribution in [-0.4, -0.2) is 49.7 Å². The van der Waals surface area contributed by atoms with Gasteiger partial charge in [-0.25, -0.2) is 9.59 Å². The minimum atomic E-state index is -0.308. The molecule has 0 radical (unpaired) electrons. The van der Waals surface area contributed by atoms with Gasteiger partial charge in [-0.3, -0.25) is 0 Å². The molecule has 1 amide bonds. The molecule has 6 heteroatoms. The third-order valence-corrected chi connectivity index (χ3v) is 4.70. The standard InChI is InChI=1S/C22H26N2O4/c1-2-27-21(25)19-9-11-20(12-10-19)23-13-6-14-24(16-15-23)22(26)28-17-18-7-4-3-5-8-18/h3-5,7-12H,2,6,13-17H2,1H3. The average molecular weight is 382 g/mol. The van der Waals surface area contributed by atoms with Gasteiger partial charge in [0.1, 0.15) is 6.61 Å². The summed E-state index contributed by atoms with van der Waals surface area (Å²) in [4.78, 5) is 28.1. The molecule has 0 aliphatic carbocycles. The predicted molar refractivity (Wildman–Crippen MR) is 107 cm³/mol. The normalized spacial score (nSPS) is 14.3. The van der Waals surface area contributed by atoms with Crippen molar-refractivity contribution >= 4 is 17.7 Å². The van der Waals surface area contributed by atoms with E-state index in [1.807, 2.05) is 42.5 Å². The summed E-state index contributed by atoms with van der Waals surface area (Å²) in [5.41, 5.74) is 2.56. The topological polar surface area (TPSA) is 59.1 Å². The SMILES string of the molecule is CCOC(=O)c1ccc(N2CCCN(C(=O)OCc3ccccc3)CC2)cc1. The fourth-order valence-electron chi connectivity index (χ4n) is 3.19. The molecule has 1 heterocycles. The Labute approximate surface area is 165 Å². The van der Waals surface area contributed by atoms with Crippen LogP contribution in [0.2, 0.25) is 0 Å². The van der Waals surface area contributed by atoms with Crippen molar-refractivity contribution in [2.45, 2.75) is 20.0 Å². The van der Waals surface area contributed by atoms with E-state index in [2.05, 4.69) is 4.90 Å². The van der Waals surface area contributed by atoms with Crippen molar-refractivity contribution in [2.24, 2.45) is 0 Å². The maximum absolute atomic E-state index is 12.4. The lowest BCUT2D eigenvalue weighted by atomic mass is 10.2. The van der Waals surface area contributed by atoms with Crippen molar-refractivity contribution in [3.05, 3.63) is 65.7 Å². The summed E-state index contributed by atoms with van der Waals surface area (Å²) in [7, 11) is 0. The Kier molecular flexibility index (Phi) is 6.89. The lowest BCUT2D eigenvalue weighted by Gasteiger charge is -2.23. The van der Waals surface area contributed by atoms with Crippen LogP contribution in [0.1, 0.15) is 29.3 Å². The summed E-state index contributed by atoms with van der Waals surface area (Å²) >= 11 is 0. The van der Waals surface area contributed by atoms with Gasteiger partial charge in [-0.2, -0.15) is 0 Å². The van der Waals surface area contributed by atoms with E-state index < -0.39 is 0 Å². The number of ether oxygens (including phenoxy) is 2. The first-order valence-electron chi connectivity index (χ1n) is 9.65. The van der Waals surface area contributed by atoms with Crippen LogP contribution in [0.3, 0.4) is 0 Å². The first kappa shape index (κ1) is 19.7. The van der Waals surface area contributed by atoms with Gasteiger partial charge < -0.3 is 19.3 Å². The molecule has 3 rings (SSSR count). The second kappa shape index (κ2) is 9.78. The van der Waals surface area contributed by atoms with Gasteiger partial charge in [0.15, 0.2) is 0 Å². The lowest BCUT2D eigenvalue weighted by molar-refractivity contribution is 0.0526. The summed E-state index contributed by atoms with van der Waals surface area (Å²) < 4.78 is 10.5. The Bertz CT molecular complexity index is 777. The maximum atomic E-state index is 12.4. The van der Waals surface area contributed by atoms with E-state index in [0.717, 1.165) is 30.8 Å². The van der Waals surface area contributed by atoms with Gasteiger partial charge in [0.25, 0.3) is 0 Å². The largest absolute Gasteiger partial charge is 0.462 e. The molecule has 148 valence electrons. The summed E-state index contributed by atoms with van der Waals surface area (Å²) in [5.74, 6) is -0.308. The molecule has 6 nitrogen and oxygen atoms in total. The Morgan fingerprint density at radius 1 is 0.893 bits per heavy atom. The molecule has 2 aromatic carbocycles. The van der Waals surface area contributed by atoms with Gasteiger partial charge in [0.2, 0.25) is 0 Å². The molecule has 1 aliphatic rings. The van der Waals surface area contributed by atoms with Crippen LogP contribution in [0.5, 0.6) is 0 Å². The Morgan fingerprint density at radius 3 is 2.36 bits per heavy atom. The van der Waals surface area contributed by atoms with Crippen molar-refractivity contribution in [2.75, 3.05) is 37.7 Å². The molecule has 0 unspecified atom stereocenters. The number of anilines is 1. The molecule has 28 heavy (non-hydrogen) atoms. The molecular weight excluding hydrogens is 356 g/mol. The zero-order valence-corrected chi connectivity index (χ0v) is 16.2. The number of esters is 1. The van der Waals surface area contributed by atoms with Crippen LogP contribution in [-0.2, 0) is 16.1 Å². The van der Waals surface area contributed by atoms with E-state index in [0.29, 0.717) is 25.3 Å². The number of hydrogen-bond donors (Lipinski definition) is 0. The number of carbonyl (C=O) groups excluding carboxylic acids is 2. The molecule has 1 aliphatic heterocycles. The van der Waals surface area contributed by atoms with E-state index in [9.17, 15) is 9.59 Å². The van der Waals surface area contributed by atoms with Crippen LogP contribution in [0.15, 0.2) is 54.6 Å². The highest BCUT2D eigenvalue weighted by Crippen LogP contribution is 2.18. The molecule has 0 aromatic heterocycles. The van der Waals surface area contributed by atoms with Gasteiger partial charge in [0.05, 0.1) is 12.2 Å². The zero-order valence-electron chi connectivity index (χ0n) is 16.2. The van der Waals surface area contributed by atoms with Gasteiger partial charge in [-0.05, 0) is 43.2 Å². The minimum Gasteiger partial charge on any atom is -0.462 e. The zero-order chi connectivity index (χ0) is 19.8. The van der Waals surface area contributed by atoms with E-state index >= 15 is 0 Å². The summed E-state index contributed by atoms with van der Waals surface area (Å²) in [6.45, 7) is 5.29. The maximum Gasteiger partial charge on any atom is 0.410 e. The van der Waals surface area contributed by atoms with E-state index in [1.54, 1.807) is 24.0 Å². The van der Waals surface area contributed by atoms with Crippen molar-refractivity contribution in [1.29, 1.82) is 0 Å². The van der Waals surface area contributed by atoms with Crippen molar-refractivity contribution in [1.82, 2.24) is 4.90 Å². The highest BCUT2D eigenvalue weighted by atomic mass is 16.6. The Morgan fingerprint density at radius 2 is 1.64 bits per heavy atom. The summed E-state index contributed by atoms with van der Waals surface area (Å²) in [6.07, 6.45) is 0.587. The minimum absolute atomic E-state index is 0.275. The van der Waals surface area contributed by atoms with E-state index in [-0.39, 0.29) is 18.7 Å². The molecule has 0 saturated carbocycles. The second-order valence-electron chi connectivity index (χ2n) is 6.64. The number of carbonyl (C=O) groups is 2. The number of benzene rings is 2. The third-order valence-electron chi connectivity index (χ3n) is 4.70. The molecule has 0 bridgehead atoms. The van der Waals surface area contributed by atoms with Crippen molar-refractivity contribution in [3.63, 3.8) is 0 Å². The first-order chi connectivity index (χ1) is 13.7. The monoisotopic (exact) mass is 382 g/mol.